The topological polar surface area (TPSA) is 70.7 Å². The van der Waals surface area contributed by atoms with Crippen LogP contribution in [0.2, 0.25) is 5.02 Å². The Kier molecular flexibility index (Phi) is 6.83. The van der Waals surface area contributed by atoms with Gasteiger partial charge in [-0.2, -0.15) is 0 Å². The van der Waals surface area contributed by atoms with Crippen molar-refractivity contribution in [3.8, 4) is 0 Å². The number of rotatable bonds is 5. The van der Waals surface area contributed by atoms with Crippen molar-refractivity contribution in [3.05, 3.63) is 29.3 Å². The standard InChI is InChI=1S/C16H22ClN3O3/c1-23-9-8-20-7-3-6-14(11-20)19-16(22)15(21)18-13-5-2-4-12(17)10-13/h2,4-5,10,14H,3,6-9,11H2,1H3,(H,18,21)(H,19,22)/t14-/m0/s1. The van der Waals surface area contributed by atoms with Crippen LogP contribution in [0.3, 0.4) is 0 Å². The van der Waals surface area contributed by atoms with Gasteiger partial charge >= 0.3 is 11.8 Å². The molecular weight excluding hydrogens is 318 g/mol. The number of nitrogens with zero attached hydrogens (tertiary/aromatic N) is 1. The minimum atomic E-state index is -0.679. The molecule has 126 valence electrons. The van der Waals surface area contributed by atoms with Gasteiger partial charge in [-0.3, -0.25) is 14.5 Å². The number of carbonyl (C=O) groups excluding carboxylic acids is 2. The second kappa shape index (κ2) is 8.86. The molecule has 1 saturated heterocycles. The van der Waals surface area contributed by atoms with Crippen LogP contribution in [0.25, 0.3) is 0 Å². The third-order valence-corrected chi connectivity index (χ3v) is 3.98. The highest BCUT2D eigenvalue weighted by Crippen LogP contribution is 2.15. The second-order valence-corrected chi connectivity index (χ2v) is 6.01. The van der Waals surface area contributed by atoms with E-state index in [2.05, 4.69) is 15.5 Å². The lowest BCUT2D eigenvalue weighted by atomic mass is 10.1. The van der Waals surface area contributed by atoms with Gasteiger partial charge in [-0.25, -0.2) is 0 Å². The number of nitrogens with one attached hydrogen (secondary N) is 2. The summed E-state index contributed by atoms with van der Waals surface area (Å²) in [4.78, 5) is 26.2. The summed E-state index contributed by atoms with van der Waals surface area (Å²) in [6.07, 6.45) is 1.87. The largest absolute Gasteiger partial charge is 0.383 e. The Balaban J connectivity index is 1.82. The van der Waals surface area contributed by atoms with Crippen molar-refractivity contribution in [1.29, 1.82) is 0 Å². The quantitative estimate of drug-likeness (QED) is 0.798. The van der Waals surface area contributed by atoms with Gasteiger partial charge < -0.3 is 15.4 Å². The van der Waals surface area contributed by atoms with Crippen molar-refractivity contribution in [2.75, 3.05) is 38.7 Å². The van der Waals surface area contributed by atoms with Crippen molar-refractivity contribution in [2.24, 2.45) is 0 Å². The number of carbonyl (C=O) groups is 2. The number of likely N-dealkylation sites (tertiary alicyclic amines) is 1. The number of ether oxygens (including phenoxy) is 1. The Morgan fingerprint density at radius 2 is 2.22 bits per heavy atom. The third-order valence-electron chi connectivity index (χ3n) is 3.74. The molecule has 7 heteroatoms. The first-order valence-corrected chi connectivity index (χ1v) is 8.05. The highest BCUT2D eigenvalue weighted by Gasteiger charge is 2.23. The van der Waals surface area contributed by atoms with E-state index in [0.717, 1.165) is 32.5 Å². The molecule has 1 fully saturated rings. The van der Waals surface area contributed by atoms with Gasteiger partial charge in [0, 0.05) is 37.0 Å². The number of hydrogen-bond acceptors (Lipinski definition) is 4. The van der Waals surface area contributed by atoms with Crippen LogP contribution in [0.1, 0.15) is 12.8 Å². The molecule has 0 saturated carbocycles. The van der Waals surface area contributed by atoms with E-state index in [1.165, 1.54) is 0 Å². The van der Waals surface area contributed by atoms with E-state index in [-0.39, 0.29) is 6.04 Å². The lowest BCUT2D eigenvalue weighted by Gasteiger charge is -2.32. The van der Waals surface area contributed by atoms with Crippen LogP contribution in [0.15, 0.2) is 24.3 Å². The number of piperidine rings is 1. The smallest absolute Gasteiger partial charge is 0.313 e. The van der Waals surface area contributed by atoms with E-state index < -0.39 is 11.8 Å². The van der Waals surface area contributed by atoms with Gasteiger partial charge in [0.25, 0.3) is 0 Å². The molecule has 1 aromatic carbocycles. The third kappa shape index (κ3) is 5.82. The molecule has 1 aromatic rings. The number of hydrogen-bond donors (Lipinski definition) is 2. The van der Waals surface area contributed by atoms with E-state index in [1.807, 2.05) is 0 Å². The average molecular weight is 340 g/mol. The molecule has 1 atom stereocenters. The zero-order valence-electron chi connectivity index (χ0n) is 13.2. The Morgan fingerprint density at radius 1 is 1.39 bits per heavy atom. The molecule has 0 bridgehead atoms. The monoisotopic (exact) mass is 339 g/mol. The second-order valence-electron chi connectivity index (χ2n) is 5.57. The van der Waals surface area contributed by atoms with Crippen LogP contribution in [0, 0.1) is 0 Å². The maximum atomic E-state index is 12.0. The van der Waals surface area contributed by atoms with Crippen LogP contribution in [-0.4, -0.2) is 56.1 Å². The zero-order valence-corrected chi connectivity index (χ0v) is 13.9. The summed E-state index contributed by atoms with van der Waals surface area (Å²) in [7, 11) is 1.67. The Labute approximate surface area is 141 Å². The molecule has 6 nitrogen and oxygen atoms in total. The average Bonchev–Trinajstić information content (AvgIpc) is 2.53. The van der Waals surface area contributed by atoms with E-state index >= 15 is 0 Å². The summed E-state index contributed by atoms with van der Waals surface area (Å²) in [5.41, 5.74) is 0.503. The molecule has 0 aromatic heterocycles. The van der Waals surface area contributed by atoms with E-state index in [9.17, 15) is 9.59 Å². The normalized spacial score (nSPS) is 18.4. The molecule has 2 rings (SSSR count). The number of amides is 2. The zero-order chi connectivity index (χ0) is 16.7. The van der Waals surface area contributed by atoms with Crippen LogP contribution in [0.4, 0.5) is 5.69 Å². The summed E-state index contributed by atoms with van der Waals surface area (Å²) < 4.78 is 5.07. The fourth-order valence-electron chi connectivity index (χ4n) is 2.60. The number of anilines is 1. The first-order chi connectivity index (χ1) is 11.1. The molecule has 2 amide bonds. The Morgan fingerprint density at radius 3 is 2.96 bits per heavy atom. The van der Waals surface area contributed by atoms with Crippen molar-refractivity contribution in [2.45, 2.75) is 18.9 Å². The van der Waals surface area contributed by atoms with Crippen molar-refractivity contribution >= 4 is 29.1 Å². The first kappa shape index (κ1) is 17.7. The molecule has 1 aliphatic rings. The molecule has 0 unspecified atom stereocenters. The highest BCUT2D eigenvalue weighted by molar-refractivity contribution is 6.40. The molecule has 1 heterocycles. The molecule has 0 radical (unpaired) electrons. The van der Waals surface area contributed by atoms with Gasteiger partial charge in [0.2, 0.25) is 0 Å². The van der Waals surface area contributed by atoms with E-state index in [4.69, 9.17) is 16.3 Å². The number of benzene rings is 1. The van der Waals surface area contributed by atoms with Gasteiger partial charge in [-0.15, -0.1) is 0 Å². The fourth-order valence-corrected chi connectivity index (χ4v) is 2.79. The molecule has 1 aliphatic heterocycles. The Hall–Kier alpha value is -1.63. The maximum absolute atomic E-state index is 12.0. The van der Waals surface area contributed by atoms with Crippen molar-refractivity contribution in [1.82, 2.24) is 10.2 Å². The highest BCUT2D eigenvalue weighted by atomic mass is 35.5. The van der Waals surface area contributed by atoms with E-state index in [0.29, 0.717) is 17.3 Å². The maximum Gasteiger partial charge on any atom is 0.313 e. The SMILES string of the molecule is COCCN1CCC[C@H](NC(=O)C(=O)Nc2cccc(Cl)c2)C1. The Bertz CT molecular complexity index is 553. The van der Waals surface area contributed by atoms with Gasteiger partial charge in [0.05, 0.1) is 6.61 Å². The number of halogens is 1. The summed E-state index contributed by atoms with van der Waals surface area (Å²) in [6, 6.07) is 6.68. The number of methoxy groups -OCH3 is 1. The minimum absolute atomic E-state index is 0.0155. The lowest BCUT2D eigenvalue weighted by molar-refractivity contribution is -0.136. The predicted molar refractivity (Wildman–Crippen MR) is 89.6 cm³/mol. The van der Waals surface area contributed by atoms with Gasteiger partial charge in [0.1, 0.15) is 0 Å². The van der Waals surface area contributed by atoms with Gasteiger partial charge in [-0.1, -0.05) is 17.7 Å². The predicted octanol–water partition coefficient (Wildman–Crippen LogP) is 1.51. The molecule has 0 aliphatic carbocycles. The first-order valence-electron chi connectivity index (χ1n) is 7.67. The summed E-state index contributed by atoms with van der Waals surface area (Å²) in [5, 5.41) is 5.85. The van der Waals surface area contributed by atoms with Crippen molar-refractivity contribution < 1.29 is 14.3 Å². The molecule has 23 heavy (non-hydrogen) atoms. The summed E-state index contributed by atoms with van der Waals surface area (Å²) >= 11 is 5.85. The van der Waals surface area contributed by atoms with Gasteiger partial charge in [0.15, 0.2) is 0 Å². The van der Waals surface area contributed by atoms with Gasteiger partial charge in [-0.05, 0) is 37.6 Å². The van der Waals surface area contributed by atoms with Crippen molar-refractivity contribution in [3.63, 3.8) is 0 Å². The molecule has 0 spiro atoms. The van der Waals surface area contributed by atoms with Crippen LogP contribution in [-0.2, 0) is 14.3 Å². The van der Waals surface area contributed by atoms with Crippen LogP contribution < -0.4 is 10.6 Å². The summed E-state index contributed by atoms with van der Waals surface area (Å²) in [5.74, 6) is -1.30. The molecular formula is C16H22ClN3O3. The molecule has 2 N–H and O–H groups in total. The van der Waals surface area contributed by atoms with Crippen LogP contribution >= 0.6 is 11.6 Å². The van der Waals surface area contributed by atoms with E-state index in [1.54, 1.807) is 31.4 Å². The lowest BCUT2D eigenvalue weighted by Crippen LogP contribution is -2.50. The fraction of sp³-hybridized carbons (Fsp3) is 0.500. The van der Waals surface area contributed by atoms with Crippen LogP contribution in [0.5, 0.6) is 0 Å². The summed E-state index contributed by atoms with van der Waals surface area (Å²) in [6.45, 7) is 3.22. The minimum Gasteiger partial charge on any atom is -0.383 e.